The van der Waals surface area contributed by atoms with E-state index in [1.807, 2.05) is 11.5 Å². The Labute approximate surface area is 102 Å². The highest BCUT2D eigenvalue weighted by Crippen LogP contribution is 2.18. The van der Waals surface area contributed by atoms with Crippen LogP contribution in [0.15, 0.2) is 24.7 Å². The number of aryl methyl sites for hydroxylation is 1. The molecule has 0 bridgehead atoms. The van der Waals surface area contributed by atoms with Gasteiger partial charge in [0.15, 0.2) is 17.5 Å². The van der Waals surface area contributed by atoms with Crippen LogP contribution in [0.1, 0.15) is 12.6 Å². The second-order valence-electron chi connectivity index (χ2n) is 3.78. The summed E-state index contributed by atoms with van der Waals surface area (Å²) in [5, 5.41) is 2.82. The van der Waals surface area contributed by atoms with Crippen LogP contribution in [0.25, 0.3) is 0 Å². The molecule has 0 fully saturated rings. The maximum atomic E-state index is 13.0. The Morgan fingerprint density at radius 3 is 2.50 bits per heavy atom. The number of nitrogens with one attached hydrogen (secondary N) is 1. The van der Waals surface area contributed by atoms with Crippen molar-refractivity contribution in [2.45, 2.75) is 20.0 Å². The first-order valence-corrected chi connectivity index (χ1v) is 5.49. The highest BCUT2D eigenvalue weighted by molar-refractivity contribution is 5.44. The third kappa shape index (κ3) is 2.47. The summed E-state index contributed by atoms with van der Waals surface area (Å²) in [6, 6.07) is 1.84. The molecule has 1 aromatic carbocycles. The SMILES string of the molecule is CCn1cncc1CNc1cc(F)c(F)c(F)c1. The Morgan fingerprint density at radius 1 is 1.22 bits per heavy atom. The second-order valence-corrected chi connectivity index (χ2v) is 3.78. The average molecular weight is 255 g/mol. The first-order chi connectivity index (χ1) is 8.61. The number of halogens is 3. The van der Waals surface area contributed by atoms with Crippen LogP contribution >= 0.6 is 0 Å². The van der Waals surface area contributed by atoms with Gasteiger partial charge >= 0.3 is 0 Å². The maximum absolute atomic E-state index is 13.0. The molecule has 0 unspecified atom stereocenters. The topological polar surface area (TPSA) is 29.9 Å². The molecule has 0 saturated carbocycles. The zero-order chi connectivity index (χ0) is 13.1. The van der Waals surface area contributed by atoms with Gasteiger partial charge in [0, 0.05) is 30.6 Å². The van der Waals surface area contributed by atoms with E-state index >= 15 is 0 Å². The van der Waals surface area contributed by atoms with Gasteiger partial charge in [-0.15, -0.1) is 0 Å². The van der Waals surface area contributed by atoms with Gasteiger partial charge in [0.1, 0.15) is 0 Å². The van der Waals surface area contributed by atoms with Crippen LogP contribution < -0.4 is 5.32 Å². The van der Waals surface area contributed by atoms with E-state index in [9.17, 15) is 13.2 Å². The van der Waals surface area contributed by atoms with E-state index in [0.29, 0.717) is 6.54 Å². The Kier molecular flexibility index (Phi) is 3.55. The molecule has 1 aromatic heterocycles. The highest BCUT2D eigenvalue weighted by Gasteiger charge is 2.10. The Morgan fingerprint density at radius 2 is 1.89 bits per heavy atom. The maximum Gasteiger partial charge on any atom is 0.194 e. The molecule has 0 aliphatic rings. The summed E-state index contributed by atoms with van der Waals surface area (Å²) in [6.45, 7) is 3.07. The fourth-order valence-electron chi connectivity index (χ4n) is 1.63. The zero-order valence-electron chi connectivity index (χ0n) is 9.75. The first-order valence-electron chi connectivity index (χ1n) is 5.49. The van der Waals surface area contributed by atoms with E-state index in [1.165, 1.54) is 0 Å². The van der Waals surface area contributed by atoms with Crippen LogP contribution in [0.5, 0.6) is 0 Å². The van der Waals surface area contributed by atoms with Crippen molar-refractivity contribution in [1.82, 2.24) is 9.55 Å². The van der Waals surface area contributed by atoms with Crippen LogP contribution in [0, 0.1) is 17.5 Å². The van der Waals surface area contributed by atoms with Crippen molar-refractivity contribution < 1.29 is 13.2 Å². The summed E-state index contributed by atoms with van der Waals surface area (Å²) < 4.78 is 40.6. The minimum Gasteiger partial charge on any atom is -0.379 e. The van der Waals surface area contributed by atoms with E-state index in [2.05, 4.69) is 10.3 Å². The van der Waals surface area contributed by atoms with E-state index in [1.54, 1.807) is 12.5 Å². The van der Waals surface area contributed by atoms with E-state index < -0.39 is 17.5 Å². The number of benzene rings is 1. The predicted molar refractivity (Wildman–Crippen MR) is 61.5 cm³/mol. The summed E-state index contributed by atoms with van der Waals surface area (Å²) >= 11 is 0. The van der Waals surface area contributed by atoms with Crippen LogP contribution in [-0.2, 0) is 13.1 Å². The summed E-state index contributed by atoms with van der Waals surface area (Å²) in [7, 11) is 0. The van der Waals surface area contributed by atoms with Gasteiger partial charge in [0.05, 0.1) is 18.6 Å². The normalized spacial score (nSPS) is 10.7. The van der Waals surface area contributed by atoms with E-state index in [0.717, 1.165) is 24.4 Å². The summed E-state index contributed by atoms with van der Waals surface area (Å²) in [5.41, 5.74) is 1.07. The number of nitrogens with zero attached hydrogens (tertiary/aromatic N) is 2. The lowest BCUT2D eigenvalue weighted by molar-refractivity contribution is 0.447. The molecule has 0 spiro atoms. The minimum absolute atomic E-state index is 0.190. The molecule has 96 valence electrons. The number of imidazole rings is 1. The van der Waals surface area contributed by atoms with Crippen molar-refractivity contribution in [2.24, 2.45) is 0 Å². The second kappa shape index (κ2) is 5.12. The third-order valence-electron chi connectivity index (χ3n) is 2.60. The number of rotatable bonds is 4. The average Bonchev–Trinajstić information content (AvgIpc) is 2.80. The summed E-state index contributed by atoms with van der Waals surface area (Å²) in [4.78, 5) is 3.97. The molecule has 0 aliphatic heterocycles. The smallest absolute Gasteiger partial charge is 0.194 e. The van der Waals surface area contributed by atoms with E-state index in [4.69, 9.17) is 0 Å². The van der Waals surface area contributed by atoms with Gasteiger partial charge in [-0.2, -0.15) is 0 Å². The Bertz CT molecular complexity index is 528. The number of aromatic nitrogens is 2. The van der Waals surface area contributed by atoms with Crippen molar-refractivity contribution >= 4 is 5.69 Å². The lowest BCUT2D eigenvalue weighted by Gasteiger charge is -2.09. The van der Waals surface area contributed by atoms with Crippen LogP contribution in [0.3, 0.4) is 0 Å². The fourth-order valence-corrected chi connectivity index (χ4v) is 1.63. The van der Waals surface area contributed by atoms with Gasteiger partial charge < -0.3 is 9.88 Å². The van der Waals surface area contributed by atoms with Gasteiger partial charge in [-0.3, -0.25) is 0 Å². The van der Waals surface area contributed by atoms with Gasteiger partial charge in [0.2, 0.25) is 0 Å². The first kappa shape index (κ1) is 12.5. The van der Waals surface area contributed by atoms with Gasteiger partial charge in [-0.1, -0.05) is 0 Å². The molecule has 18 heavy (non-hydrogen) atoms. The molecule has 3 nitrogen and oxygen atoms in total. The minimum atomic E-state index is -1.46. The summed E-state index contributed by atoms with van der Waals surface area (Å²) in [6.07, 6.45) is 3.33. The Hall–Kier alpha value is -1.98. The van der Waals surface area contributed by atoms with E-state index in [-0.39, 0.29) is 5.69 Å². The lowest BCUT2D eigenvalue weighted by Crippen LogP contribution is -2.06. The fraction of sp³-hybridized carbons (Fsp3) is 0.250. The molecule has 2 aromatic rings. The third-order valence-corrected chi connectivity index (χ3v) is 2.60. The number of hydrogen-bond acceptors (Lipinski definition) is 2. The molecular formula is C12H12F3N3. The van der Waals surface area contributed by atoms with Crippen LogP contribution in [-0.4, -0.2) is 9.55 Å². The molecule has 6 heteroatoms. The zero-order valence-corrected chi connectivity index (χ0v) is 9.75. The van der Waals surface area contributed by atoms with Crippen molar-refractivity contribution in [3.8, 4) is 0 Å². The Balaban J connectivity index is 2.11. The number of hydrogen-bond donors (Lipinski definition) is 1. The van der Waals surface area contributed by atoms with Crippen LogP contribution in [0.2, 0.25) is 0 Å². The van der Waals surface area contributed by atoms with Crippen molar-refractivity contribution in [1.29, 1.82) is 0 Å². The molecule has 1 N–H and O–H groups in total. The molecule has 0 amide bonds. The monoisotopic (exact) mass is 255 g/mol. The predicted octanol–water partition coefficient (Wildman–Crippen LogP) is 2.93. The van der Waals surface area contributed by atoms with Crippen LogP contribution in [0.4, 0.5) is 18.9 Å². The van der Waals surface area contributed by atoms with Crippen molar-refractivity contribution in [2.75, 3.05) is 5.32 Å². The standard InChI is InChI=1S/C12H12F3N3/c1-2-18-7-16-5-9(18)6-17-8-3-10(13)12(15)11(14)4-8/h3-5,7,17H,2,6H2,1H3. The molecule has 2 rings (SSSR count). The molecule has 0 saturated heterocycles. The largest absolute Gasteiger partial charge is 0.379 e. The molecular weight excluding hydrogens is 243 g/mol. The molecule has 0 aliphatic carbocycles. The molecule has 0 radical (unpaired) electrons. The van der Waals surface area contributed by atoms with Gasteiger partial charge in [-0.25, -0.2) is 18.2 Å². The molecule has 1 heterocycles. The van der Waals surface area contributed by atoms with Gasteiger partial charge in [-0.05, 0) is 6.92 Å². The number of anilines is 1. The van der Waals surface area contributed by atoms with Gasteiger partial charge in [0.25, 0.3) is 0 Å². The van der Waals surface area contributed by atoms with Crippen molar-refractivity contribution in [3.05, 3.63) is 47.8 Å². The summed E-state index contributed by atoms with van der Waals surface area (Å²) in [5.74, 6) is -3.87. The van der Waals surface area contributed by atoms with Crippen molar-refractivity contribution in [3.63, 3.8) is 0 Å². The highest BCUT2D eigenvalue weighted by atomic mass is 19.2. The lowest BCUT2D eigenvalue weighted by atomic mass is 10.2. The quantitative estimate of drug-likeness (QED) is 0.851. The molecule has 0 atom stereocenters.